The maximum Gasteiger partial charge on any atom is 0.422 e. The molecule has 1 unspecified atom stereocenters. The summed E-state index contributed by atoms with van der Waals surface area (Å²) in [4.78, 5) is 0. The van der Waals surface area contributed by atoms with Gasteiger partial charge in [-0.15, -0.1) is 0 Å². The second-order valence-electron chi connectivity index (χ2n) is 4.94. The van der Waals surface area contributed by atoms with Gasteiger partial charge in [-0.1, -0.05) is 12.1 Å². The van der Waals surface area contributed by atoms with Crippen LogP contribution in [0.5, 0.6) is 5.75 Å². The van der Waals surface area contributed by atoms with Crippen LogP contribution in [0.3, 0.4) is 0 Å². The van der Waals surface area contributed by atoms with Gasteiger partial charge >= 0.3 is 6.18 Å². The predicted octanol–water partition coefficient (Wildman–Crippen LogP) is 3.46. The molecule has 1 atom stereocenters. The Labute approximate surface area is 116 Å². The number of hydrogen-bond donors (Lipinski definition) is 1. The first kappa shape index (κ1) is 15.0. The van der Waals surface area contributed by atoms with Crippen LogP contribution in [0.15, 0.2) is 24.3 Å². The number of hydrogen-bond acceptors (Lipinski definition) is 3. The largest absolute Gasteiger partial charge is 0.482 e. The summed E-state index contributed by atoms with van der Waals surface area (Å²) in [6, 6.07) is 6.77. The number of ether oxygens (including phenoxy) is 2. The number of nitrogens with one attached hydrogen (secondary N) is 1. The molecule has 3 nitrogen and oxygen atoms in total. The van der Waals surface area contributed by atoms with Gasteiger partial charge in [-0.3, -0.25) is 0 Å². The summed E-state index contributed by atoms with van der Waals surface area (Å²) in [6.07, 6.45) is -2.10. The zero-order valence-corrected chi connectivity index (χ0v) is 11.2. The highest BCUT2D eigenvalue weighted by molar-refractivity contribution is 5.57. The lowest BCUT2D eigenvalue weighted by Gasteiger charge is -2.21. The number of para-hydroxylation sites is 2. The van der Waals surface area contributed by atoms with Gasteiger partial charge in [0.2, 0.25) is 0 Å². The number of rotatable bonds is 7. The third-order valence-corrected chi connectivity index (χ3v) is 3.16. The van der Waals surface area contributed by atoms with Crippen LogP contribution in [-0.2, 0) is 4.74 Å². The van der Waals surface area contributed by atoms with Crippen LogP contribution in [0.4, 0.5) is 18.9 Å². The smallest absolute Gasteiger partial charge is 0.422 e. The standard InChI is InChI=1S/C14H18F3NO2/c1-19-8-12(10-6-7-10)18-11-4-2-3-5-13(11)20-9-14(15,16)17/h2-5,10,12,18H,6-9H2,1H3. The van der Waals surface area contributed by atoms with E-state index >= 15 is 0 Å². The summed E-state index contributed by atoms with van der Waals surface area (Å²) in [5.74, 6) is 0.734. The third kappa shape index (κ3) is 4.59. The van der Waals surface area contributed by atoms with Crippen molar-refractivity contribution >= 4 is 5.69 Å². The van der Waals surface area contributed by atoms with E-state index in [1.54, 1.807) is 25.3 Å². The van der Waals surface area contributed by atoms with E-state index in [4.69, 9.17) is 9.47 Å². The fraction of sp³-hybridized carbons (Fsp3) is 0.571. The van der Waals surface area contributed by atoms with Gasteiger partial charge in [-0.05, 0) is 30.9 Å². The molecule has 1 fully saturated rings. The molecule has 0 aliphatic heterocycles. The van der Waals surface area contributed by atoms with Crippen LogP contribution in [0.2, 0.25) is 0 Å². The quantitative estimate of drug-likeness (QED) is 0.834. The van der Waals surface area contributed by atoms with Gasteiger partial charge in [0.25, 0.3) is 0 Å². The minimum atomic E-state index is -4.34. The fourth-order valence-corrected chi connectivity index (χ4v) is 2.04. The molecule has 0 aromatic heterocycles. The van der Waals surface area contributed by atoms with Crippen molar-refractivity contribution < 1.29 is 22.6 Å². The molecule has 1 N–H and O–H groups in total. The lowest BCUT2D eigenvalue weighted by Crippen LogP contribution is -2.27. The first-order valence-electron chi connectivity index (χ1n) is 6.53. The molecule has 1 aromatic rings. The van der Waals surface area contributed by atoms with E-state index in [-0.39, 0.29) is 11.8 Å². The highest BCUT2D eigenvalue weighted by atomic mass is 19.4. The minimum absolute atomic E-state index is 0.107. The Hall–Kier alpha value is -1.43. The van der Waals surface area contributed by atoms with Crippen molar-refractivity contribution in [3.8, 4) is 5.75 Å². The van der Waals surface area contributed by atoms with E-state index in [1.165, 1.54) is 6.07 Å². The Bertz CT molecular complexity index is 433. The van der Waals surface area contributed by atoms with Crippen molar-refractivity contribution in [2.24, 2.45) is 5.92 Å². The predicted molar refractivity (Wildman–Crippen MR) is 70.0 cm³/mol. The van der Waals surface area contributed by atoms with Crippen molar-refractivity contribution in [2.75, 3.05) is 25.6 Å². The summed E-state index contributed by atoms with van der Waals surface area (Å²) in [6.45, 7) is -0.762. The summed E-state index contributed by atoms with van der Waals surface area (Å²) < 4.78 is 46.7. The number of halogens is 3. The van der Waals surface area contributed by atoms with Crippen molar-refractivity contribution in [3.05, 3.63) is 24.3 Å². The van der Waals surface area contributed by atoms with Crippen LogP contribution >= 0.6 is 0 Å². The Morgan fingerprint density at radius 3 is 2.60 bits per heavy atom. The summed E-state index contributed by atoms with van der Waals surface area (Å²) in [5, 5.41) is 3.23. The average molecular weight is 289 g/mol. The fourth-order valence-electron chi connectivity index (χ4n) is 2.04. The molecule has 0 spiro atoms. The van der Waals surface area contributed by atoms with E-state index < -0.39 is 12.8 Å². The highest BCUT2D eigenvalue weighted by Gasteiger charge is 2.32. The zero-order chi connectivity index (χ0) is 14.6. The Balaban J connectivity index is 2.02. The first-order valence-corrected chi connectivity index (χ1v) is 6.53. The van der Waals surface area contributed by atoms with Gasteiger partial charge in [0.1, 0.15) is 5.75 Å². The monoisotopic (exact) mass is 289 g/mol. The van der Waals surface area contributed by atoms with Crippen LogP contribution in [0.1, 0.15) is 12.8 Å². The van der Waals surface area contributed by atoms with Crippen molar-refractivity contribution in [1.29, 1.82) is 0 Å². The molecule has 2 rings (SSSR count). The van der Waals surface area contributed by atoms with Crippen LogP contribution < -0.4 is 10.1 Å². The number of anilines is 1. The van der Waals surface area contributed by atoms with E-state index in [9.17, 15) is 13.2 Å². The average Bonchev–Trinajstić information content (AvgIpc) is 3.20. The maximum absolute atomic E-state index is 12.2. The van der Waals surface area contributed by atoms with E-state index in [0.717, 1.165) is 12.8 Å². The first-order chi connectivity index (χ1) is 9.49. The SMILES string of the molecule is COCC(Nc1ccccc1OCC(F)(F)F)C1CC1. The second-order valence-corrected chi connectivity index (χ2v) is 4.94. The molecular formula is C14H18F3NO2. The van der Waals surface area contributed by atoms with E-state index in [0.29, 0.717) is 18.2 Å². The molecule has 20 heavy (non-hydrogen) atoms. The summed E-state index contributed by atoms with van der Waals surface area (Å²) in [7, 11) is 1.61. The summed E-state index contributed by atoms with van der Waals surface area (Å²) >= 11 is 0. The molecule has 0 saturated heterocycles. The van der Waals surface area contributed by atoms with Gasteiger partial charge in [-0.2, -0.15) is 13.2 Å². The Kier molecular flexibility index (Phi) is 4.75. The number of methoxy groups -OCH3 is 1. The molecule has 112 valence electrons. The molecule has 0 amide bonds. The molecule has 1 saturated carbocycles. The normalized spacial score (nSPS) is 16.8. The van der Waals surface area contributed by atoms with Crippen molar-refractivity contribution in [1.82, 2.24) is 0 Å². The highest BCUT2D eigenvalue weighted by Crippen LogP contribution is 2.36. The third-order valence-electron chi connectivity index (χ3n) is 3.16. The van der Waals surface area contributed by atoms with Gasteiger partial charge < -0.3 is 14.8 Å². The Morgan fingerprint density at radius 2 is 2.00 bits per heavy atom. The molecule has 0 radical (unpaired) electrons. The maximum atomic E-state index is 12.2. The van der Waals surface area contributed by atoms with Crippen LogP contribution in [-0.4, -0.2) is 32.5 Å². The van der Waals surface area contributed by atoms with Gasteiger partial charge in [0.15, 0.2) is 6.61 Å². The molecular weight excluding hydrogens is 271 g/mol. The Morgan fingerprint density at radius 1 is 1.30 bits per heavy atom. The topological polar surface area (TPSA) is 30.5 Å². The molecule has 1 aromatic carbocycles. The van der Waals surface area contributed by atoms with E-state index in [2.05, 4.69) is 5.32 Å². The molecule has 0 heterocycles. The van der Waals surface area contributed by atoms with Gasteiger partial charge in [-0.25, -0.2) is 0 Å². The zero-order valence-electron chi connectivity index (χ0n) is 11.2. The van der Waals surface area contributed by atoms with Crippen molar-refractivity contribution in [3.63, 3.8) is 0 Å². The van der Waals surface area contributed by atoms with Gasteiger partial charge in [0.05, 0.1) is 18.3 Å². The number of benzene rings is 1. The lowest BCUT2D eigenvalue weighted by atomic mass is 10.2. The van der Waals surface area contributed by atoms with Crippen LogP contribution in [0, 0.1) is 5.92 Å². The van der Waals surface area contributed by atoms with Gasteiger partial charge in [0, 0.05) is 7.11 Å². The second kappa shape index (κ2) is 6.35. The summed E-state index contributed by atoms with van der Waals surface area (Å²) in [5.41, 5.74) is 0.575. The minimum Gasteiger partial charge on any atom is -0.482 e. The molecule has 1 aliphatic carbocycles. The van der Waals surface area contributed by atoms with Crippen molar-refractivity contribution in [2.45, 2.75) is 25.1 Å². The van der Waals surface area contributed by atoms with E-state index in [1.807, 2.05) is 0 Å². The lowest BCUT2D eigenvalue weighted by molar-refractivity contribution is -0.153. The molecule has 1 aliphatic rings. The molecule has 0 bridgehead atoms. The van der Waals surface area contributed by atoms with Crippen LogP contribution in [0.25, 0.3) is 0 Å². The number of alkyl halides is 3. The molecule has 6 heteroatoms.